The van der Waals surface area contributed by atoms with Gasteiger partial charge in [-0.2, -0.15) is 0 Å². The van der Waals surface area contributed by atoms with Gasteiger partial charge in [0.2, 0.25) is 10.0 Å². The minimum absolute atomic E-state index is 0.0725. The number of benzene rings is 1. The largest absolute Gasteiger partial charge is 0.307 e. The molecule has 2 atom stereocenters. The van der Waals surface area contributed by atoms with Crippen molar-refractivity contribution in [3.05, 3.63) is 88.0 Å². The molecule has 156 valence electrons. The monoisotopic (exact) mass is 423 g/mol. The van der Waals surface area contributed by atoms with Crippen LogP contribution < -0.4 is 10.3 Å². The van der Waals surface area contributed by atoms with Crippen molar-refractivity contribution in [1.82, 2.24) is 14.3 Å². The summed E-state index contributed by atoms with van der Waals surface area (Å²) in [5.41, 5.74) is 4.20. The second kappa shape index (κ2) is 8.16. The Hall–Kier alpha value is -2.77. The third kappa shape index (κ3) is 4.37. The van der Waals surface area contributed by atoms with Gasteiger partial charge < -0.3 is 4.57 Å². The summed E-state index contributed by atoms with van der Waals surface area (Å²) >= 11 is 0. The maximum atomic E-state index is 13.0. The molecular weight excluding hydrogens is 398 g/mol. The molecule has 7 heteroatoms. The quantitative estimate of drug-likeness (QED) is 0.684. The first-order valence-electron chi connectivity index (χ1n) is 10.0. The third-order valence-corrected chi connectivity index (χ3v) is 6.29. The van der Waals surface area contributed by atoms with E-state index in [4.69, 9.17) is 4.98 Å². The van der Waals surface area contributed by atoms with Gasteiger partial charge in [0.05, 0.1) is 18.0 Å². The fraction of sp³-hybridized carbons (Fsp3) is 0.304. The first kappa shape index (κ1) is 20.5. The molecule has 0 fully saturated rings. The lowest BCUT2D eigenvalue weighted by Crippen LogP contribution is -2.48. The molecule has 0 saturated carbocycles. The van der Waals surface area contributed by atoms with Crippen LogP contribution in [-0.2, 0) is 22.9 Å². The lowest BCUT2D eigenvalue weighted by Gasteiger charge is -2.35. The van der Waals surface area contributed by atoms with E-state index in [0.717, 1.165) is 28.9 Å². The summed E-state index contributed by atoms with van der Waals surface area (Å²) in [7, 11) is -3.41. The predicted molar refractivity (Wildman–Crippen MR) is 118 cm³/mol. The minimum atomic E-state index is -3.41. The maximum Gasteiger partial charge on any atom is 0.253 e. The van der Waals surface area contributed by atoms with E-state index in [1.807, 2.05) is 60.7 Å². The van der Waals surface area contributed by atoms with E-state index in [-0.39, 0.29) is 17.6 Å². The fourth-order valence-electron chi connectivity index (χ4n) is 4.16. The van der Waals surface area contributed by atoms with Crippen molar-refractivity contribution in [2.45, 2.75) is 38.3 Å². The van der Waals surface area contributed by atoms with Crippen LogP contribution >= 0.6 is 0 Å². The number of nitrogens with zero attached hydrogens (tertiary/aromatic N) is 2. The normalized spacial score (nSPS) is 18.7. The maximum absolute atomic E-state index is 13.0. The number of aryl methyl sites for hydroxylation is 2. The van der Waals surface area contributed by atoms with Crippen molar-refractivity contribution in [3.8, 4) is 11.3 Å². The Morgan fingerprint density at radius 3 is 2.57 bits per heavy atom. The lowest BCUT2D eigenvalue weighted by molar-refractivity contribution is 0.313. The summed E-state index contributed by atoms with van der Waals surface area (Å²) in [5, 5.41) is 0. The molecule has 0 radical (unpaired) electrons. The zero-order valence-electron chi connectivity index (χ0n) is 17.1. The van der Waals surface area contributed by atoms with Crippen molar-refractivity contribution in [2.24, 2.45) is 0 Å². The summed E-state index contributed by atoms with van der Waals surface area (Å²) in [6, 6.07) is 18.8. The molecule has 0 amide bonds. The smallest absolute Gasteiger partial charge is 0.253 e. The first-order chi connectivity index (χ1) is 14.3. The summed E-state index contributed by atoms with van der Waals surface area (Å²) in [4.78, 5) is 17.8. The molecule has 0 saturated heterocycles. The second-order valence-corrected chi connectivity index (χ2v) is 9.65. The molecule has 1 aliphatic heterocycles. The number of hydrogen-bond acceptors (Lipinski definition) is 4. The van der Waals surface area contributed by atoms with Gasteiger partial charge in [0.25, 0.3) is 5.56 Å². The van der Waals surface area contributed by atoms with E-state index in [2.05, 4.69) is 4.72 Å². The highest BCUT2D eigenvalue weighted by Crippen LogP contribution is 2.28. The van der Waals surface area contributed by atoms with Crippen molar-refractivity contribution in [1.29, 1.82) is 0 Å². The number of pyridine rings is 2. The van der Waals surface area contributed by atoms with Crippen LogP contribution in [-0.4, -0.2) is 30.3 Å². The predicted octanol–water partition coefficient (Wildman–Crippen LogP) is 2.87. The molecule has 3 heterocycles. The van der Waals surface area contributed by atoms with E-state index in [1.54, 1.807) is 11.5 Å². The molecule has 0 spiro atoms. The van der Waals surface area contributed by atoms with Gasteiger partial charge in [-0.15, -0.1) is 0 Å². The summed E-state index contributed by atoms with van der Waals surface area (Å²) < 4.78 is 28.5. The molecule has 0 bridgehead atoms. The Bertz CT molecular complexity index is 1220. The molecule has 0 aliphatic carbocycles. The van der Waals surface area contributed by atoms with Crippen LogP contribution in [0.1, 0.15) is 29.4 Å². The Morgan fingerprint density at radius 1 is 1.07 bits per heavy atom. The van der Waals surface area contributed by atoms with Crippen molar-refractivity contribution < 1.29 is 8.42 Å². The van der Waals surface area contributed by atoms with Gasteiger partial charge in [-0.05, 0) is 38.0 Å². The van der Waals surface area contributed by atoms with Crippen LogP contribution in [0.15, 0.2) is 65.5 Å². The van der Waals surface area contributed by atoms with Gasteiger partial charge in [-0.25, -0.2) is 13.1 Å². The molecule has 1 N–H and O–H groups in total. The average molecular weight is 424 g/mol. The van der Waals surface area contributed by atoms with Gasteiger partial charge in [0.1, 0.15) is 0 Å². The van der Waals surface area contributed by atoms with Gasteiger partial charge >= 0.3 is 0 Å². The first-order valence-corrected chi connectivity index (χ1v) is 11.9. The third-order valence-electron chi connectivity index (χ3n) is 5.56. The van der Waals surface area contributed by atoms with Crippen LogP contribution in [0.2, 0.25) is 0 Å². The topological polar surface area (TPSA) is 81.1 Å². The SMILES string of the molecule is Cc1ccc2n(c1=O)[C@@H](Cc1cccc(-c3ccccc3)n1)[C@@H](NS(C)(=O)=O)CC2. The number of fused-ring (bicyclic) bond motifs is 1. The standard InChI is InChI=1S/C23H25N3O3S/c1-16-11-12-19-13-14-21(25-30(2,28)29)22(26(19)23(16)27)15-18-9-6-10-20(24-18)17-7-4-3-5-8-17/h3-12,21-22,25H,13-15H2,1-2H3/t21-,22-/m0/s1. The van der Waals surface area contributed by atoms with Crippen molar-refractivity contribution >= 4 is 10.0 Å². The fourth-order valence-corrected chi connectivity index (χ4v) is 4.98. The summed E-state index contributed by atoms with van der Waals surface area (Å²) in [6.45, 7) is 1.79. The molecule has 1 aliphatic rings. The van der Waals surface area contributed by atoms with Crippen LogP contribution in [0.25, 0.3) is 11.3 Å². The Balaban J connectivity index is 1.75. The highest BCUT2D eigenvalue weighted by atomic mass is 32.2. The van der Waals surface area contributed by atoms with Crippen LogP contribution in [0.3, 0.4) is 0 Å². The van der Waals surface area contributed by atoms with E-state index in [0.29, 0.717) is 24.8 Å². The Morgan fingerprint density at radius 2 is 1.83 bits per heavy atom. The molecule has 4 rings (SSSR count). The van der Waals surface area contributed by atoms with E-state index in [1.165, 1.54) is 0 Å². The molecule has 3 aromatic rings. The molecule has 30 heavy (non-hydrogen) atoms. The highest BCUT2D eigenvalue weighted by molar-refractivity contribution is 7.88. The van der Waals surface area contributed by atoms with Crippen LogP contribution in [0, 0.1) is 6.92 Å². The molecule has 1 aromatic carbocycles. The number of aromatic nitrogens is 2. The van der Waals surface area contributed by atoms with Gasteiger partial charge in [0, 0.05) is 35.0 Å². The Kier molecular flexibility index (Phi) is 5.58. The second-order valence-electron chi connectivity index (χ2n) is 7.87. The zero-order valence-corrected chi connectivity index (χ0v) is 17.9. The van der Waals surface area contributed by atoms with E-state index in [9.17, 15) is 13.2 Å². The molecular formula is C23H25N3O3S. The van der Waals surface area contributed by atoms with Gasteiger partial charge in [-0.1, -0.05) is 42.5 Å². The molecule has 0 unspecified atom stereocenters. The van der Waals surface area contributed by atoms with Crippen LogP contribution in [0.4, 0.5) is 0 Å². The van der Waals surface area contributed by atoms with Crippen LogP contribution in [0.5, 0.6) is 0 Å². The molecule has 2 aromatic heterocycles. The summed E-state index contributed by atoms with van der Waals surface area (Å²) in [6.07, 6.45) is 2.91. The van der Waals surface area contributed by atoms with Crippen molar-refractivity contribution in [2.75, 3.05) is 6.26 Å². The van der Waals surface area contributed by atoms with Crippen molar-refractivity contribution in [3.63, 3.8) is 0 Å². The van der Waals surface area contributed by atoms with Gasteiger partial charge in [0.15, 0.2) is 0 Å². The number of sulfonamides is 1. The summed E-state index contributed by atoms with van der Waals surface area (Å²) in [5.74, 6) is 0. The number of rotatable bonds is 5. The zero-order chi connectivity index (χ0) is 21.3. The number of nitrogens with one attached hydrogen (secondary N) is 1. The highest BCUT2D eigenvalue weighted by Gasteiger charge is 2.32. The minimum Gasteiger partial charge on any atom is -0.307 e. The average Bonchev–Trinajstić information content (AvgIpc) is 2.72. The Labute approximate surface area is 176 Å². The van der Waals surface area contributed by atoms with E-state index < -0.39 is 10.0 Å². The molecule has 6 nitrogen and oxygen atoms in total. The van der Waals surface area contributed by atoms with E-state index >= 15 is 0 Å². The lowest BCUT2D eigenvalue weighted by atomic mass is 9.92. The number of hydrogen-bond donors (Lipinski definition) is 1. The van der Waals surface area contributed by atoms with Gasteiger partial charge in [-0.3, -0.25) is 9.78 Å².